The van der Waals surface area contributed by atoms with Gasteiger partial charge < -0.3 is 4.90 Å². The molecule has 4 heteroatoms. The van der Waals surface area contributed by atoms with Crippen molar-refractivity contribution in [1.82, 2.24) is 10.4 Å². The number of carbonyl (C=O) groups is 1. The summed E-state index contributed by atoms with van der Waals surface area (Å²) in [7, 11) is 0. The lowest BCUT2D eigenvalue weighted by molar-refractivity contribution is 0.151. The molecule has 2 N–H and O–H groups in total. The van der Waals surface area contributed by atoms with Crippen LogP contribution in [0.1, 0.15) is 0 Å². The van der Waals surface area contributed by atoms with E-state index >= 15 is 0 Å². The number of hydrogen-bond acceptors (Lipinski definition) is 2. The summed E-state index contributed by atoms with van der Waals surface area (Å²) >= 11 is 0. The van der Waals surface area contributed by atoms with Crippen molar-refractivity contribution in [2.45, 2.75) is 0 Å². The van der Waals surface area contributed by atoms with Gasteiger partial charge in [0, 0.05) is 13.1 Å². The summed E-state index contributed by atoms with van der Waals surface area (Å²) in [6.07, 6.45) is 0. The molecule has 0 aromatic heterocycles. The second-order valence-electron chi connectivity index (χ2n) is 1.40. The maximum atomic E-state index is 10.1. The highest BCUT2D eigenvalue weighted by molar-refractivity contribution is 5.74. The van der Waals surface area contributed by atoms with E-state index in [9.17, 15) is 4.79 Å². The van der Waals surface area contributed by atoms with Gasteiger partial charge in [0.15, 0.2) is 0 Å². The zero-order chi connectivity index (χ0) is 5.28. The lowest BCUT2D eigenvalue weighted by atomic mass is 11.0. The topological polar surface area (TPSA) is 52.3 Å². The van der Waals surface area contributed by atoms with E-state index in [1.807, 2.05) is 0 Å². The average molecular weight is 102 g/mol. The molecule has 0 atom stereocenters. The van der Waals surface area contributed by atoms with Crippen molar-refractivity contribution in [3.05, 3.63) is 0 Å². The van der Waals surface area contributed by atoms with E-state index in [-0.39, 0.29) is 0 Å². The Bertz CT molecular complexity index is 88.9. The van der Waals surface area contributed by atoms with Crippen molar-refractivity contribution in [3.63, 3.8) is 0 Å². The molecule has 1 fully saturated rings. The number of urea groups is 1. The van der Waals surface area contributed by atoms with Gasteiger partial charge in [-0.1, -0.05) is 0 Å². The summed E-state index contributed by atoms with van der Waals surface area (Å²) in [5.41, 5.74) is 1.51. The molecular formula is C3H6N2O2. The Kier molecular flexibility index (Phi) is 0.867. The Balaban J connectivity index is 2.24. The first-order chi connectivity index (χ1) is 3.34. The minimum Gasteiger partial charge on any atom is -0.320 e. The second kappa shape index (κ2) is 1.38. The third kappa shape index (κ3) is 0.806. The van der Waals surface area contributed by atoms with Crippen LogP contribution in [0.25, 0.3) is 0 Å². The maximum absolute atomic E-state index is 10.1. The van der Waals surface area contributed by atoms with Gasteiger partial charge in [-0.25, -0.2) is 10.3 Å². The number of hydroxylamine groups is 1. The van der Waals surface area contributed by atoms with Crippen molar-refractivity contribution < 1.29 is 10.0 Å². The third-order valence-corrected chi connectivity index (χ3v) is 0.830. The highest BCUT2D eigenvalue weighted by atomic mass is 16.5. The number of nitrogens with one attached hydrogen (secondary N) is 1. The molecule has 40 valence electrons. The molecule has 1 rings (SSSR count). The van der Waals surface area contributed by atoms with Gasteiger partial charge in [0.25, 0.3) is 0 Å². The molecule has 2 amide bonds. The fraction of sp³-hybridized carbons (Fsp3) is 0.667. The molecule has 0 aliphatic carbocycles. The maximum Gasteiger partial charge on any atom is 0.341 e. The molecule has 7 heavy (non-hydrogen) atoms. The first kappa shape index (κ1) is 4.39. The molecule has 0 unspecified atom stereocenters. The van der Waals surface area contributed by atoms with Gasteiger partial charge in [-0.05, 0) is 0 Å². The van der Waals surface area contributed by atoms with E-state index in [0.717, 1.165) is 13.1 Å². The fourth-order valence-corrected chi connectivity index (χ4v) is 0.324. The minimum absolute atomic E-state index is 0.403. The number of nitrogens with zero attached hydrogens (tertiary/aromatic N) is 1. The highest BCUT2D eigenvalue weighted by Gasteiger charge is 2.22. The average Bonchev–Trinajstić information content (AvgIpc) is 2.44. The van der Waals surface area contributed by atoms with E-state index in [4.69, 9.17) is 5.21 Å². The van der Waals surface area contributed by atoms with Crippen LogP contribution in [0.4, 0.5) is 4.79 Å². The summed E-state index contributed by atoms with van der Waals surface area (Å²) in [4.78, 5) is 11.6. The van der Waals surface area contributed by atoms with E-state index < -0.39 is 6.03 Å². The molecule has 0 radical (unpaired) electrons. The van der Waals surface area contributed by atoms with Crippen LogP contribution in [0, 0.1) is 0 Å². The first-order valence-corrected chi connectivity index (χ1v) is 2.03. The molecular weight excluding hydrogens is 96.0 g/mol. The molecule has 0 bridgehead atoms. The predicted octanol–water partition coefficient (Wildman–Crippen LogP) is -0.599. The van der Waals surface area contributed by atoms with Gasteiger partial charge >= 0.3 is 6.03 Å². The van der Waals surface area contributed by atoms with Gasteiger partial charge in [0.1, 0.15) is 0 Å². The van der Waals surface area contributed by atoms with Crippen molar-refractivity contribution in [2.75, 3.05) is 13.1 Å². The minimum atomic E-state index is -0.403. The van der Waals surface area contributed by atoms with Crippen LogP contribution in [0.2, 0.25) is 0 Å². The molecule has 0 aromatic carbocycles. The molecule has 1 aliphatic rings. The van der Waals surface area contributed by atoms with Gasteiger partial charge in [0.05, 0.1) is 0 Å². The fourth-order valence-electron chi connectivity index (χ4n) is 0.324. The van der Waals surface area contributed by atoms with Crippen LogP contribution >= 0.6 is 0 Å². The summed E-state index contributed by atoms with van der Waals surface area (Å²) in [5, 5.41) is 7.90. The van der Waals surface area contributed by atoms with Gasteiger partial charge in [-0.2, -0.15) is 0 Å². The van der Waals surface area contributed by atoms with Crippen LogP contribution < -0.4 is 5.48 Å². The summed E-state index contributed by atoms with van der Waals surface area (Å²) in [5.74, 6) is 0. The van der Waals surface area contributed by atoms with Crippen molar-refractivity contribution in [2.24, 2.45) is 0 Å². The Morgan fingerprint density at radius 3 is 2.43 bits per heavy atom. The number of rotatable bonds is 0. The van der Waals surface area contributed by atoms with Gasteiger partial charge in [0.2, 0.25) is 0 Å². The van der Waals surface area contributed by atoms with E-state index in [1.165, 1.54) is 10.4 Å². The Hall–Kier alpha value is -0.770. The number of amides is 2. The lowest BCUT2D eigenvalue weighted by Gasteiger charge is -1.93. The number of hydrogen-bond donors (Lipinski definition) is 2. The smallest absolute Gasteiger partial charge is 0.320 e. The summed E-state index contributed by atoms with van der Waals surface area (Å²) < 4.78 is 0. The highest BCUT2D eigenvalue weighted by Crippen LogP contribution is 2.00. The molecule has 0 spiro atoms. The van der Waals surface area contributed by atoms with E-state index in [0.29, 0.717) is 0 Å². The quantitative estimate of drug-likeness (QED) is 0.244. The predicted molar refractivity (Wildman–Crippen MR) is 21.9 cm³/mol. The summed E-state index contributed by atoms with van der Waals surface area (Å²) in [6.45, 7) is 1.54. The van der Waals surface area contributed by atoms with Crippen LogP contribution in [0.3, 0.4) is 0 Å². The number of carbonyl (C=O) groups excluding carboxylic acids is 1. The van der Waals surface area contributed by atoms with Crippen molar-refractivity contribution in [3.8, 4) is 0 Å². The molecule has 1 saturated heterocycles. The zero-order valence-electron chi connectivity index (χ0n) is 3.72. The zero-order valence-corrected chi connectivity index (χ0v) is 3.72. The molecule has 0 aromatic rings. The molecule has 0 saturated carbocycles. The van der Waals surface area contributed by atoms with Crippen LogP contribution in [-0.2, 0) is 0 Å². The third-order valence-electron chi connectivity index (χ3n) is 0.830. The normalized spacial score (nSPS) is 16.4. The lowest BCUT2D eigenvalue weighted by Crippen LogP contribution is -2.24. The Morgan fingerprint density at radius 2 is 2.29 bits per heavy atom. The second-order valence-corrected chi connectivity index (χ2v) is 1.40. The van der Waals surface area contributed by atoms with Gasteiger partial charge in [-0.15, -0.1) is 0 Å². The van der Waals surface area contributed by atoms with Gasteiger partial charge in [-0.3, -0.25) is 5.21 Å². The van der Waals surface area contributed by atoms with Crippen molar-refractivity contribution in [1.29, 1.82) is 0 Å². The first-order valence-electron chi connectivity index (χ1n) is 2.03. The monoisotopic (exact) mass is 102 g/mol. The van der Waals surface area contributed by atoms with E-state index in [2.05, 4.69) is 0 Å². The summed E-state index contributed by atoms with van der Waals surface area (Å²) in [6, 6.07) is -0.403. The Labute approximate surface area is 40.7 Å². The van der Waals surface area contributed by atoms with Crippen molar-refractivity contribution >= 4 is 6.03 Å². The van der Waals surface area contributed by atoms with Crippen LogP contribution in [-0.4, -0.2) is 29.2 Å². The standard InChI is InChI=1S/C3H6N2O2/c6-3(4-7)5-1-2-5/h7H,1-2H2,(H,4,6). The SMILES string of the molecule is O=C(NO)N1CC1. The van der Waals surface area contributed by atoms with Crippen LogP contribution in [0.5, 0.6) is 0 Å². The van der Waals surface area contributed by atoms with Crippen LogP contribution in [0.15, 0.2) is 0 Å². The molecule has 4 nitrogen and oxygen atoms in total. The van der Waals surface area contributed by atoms with E-state index in [1.54, 1.807) is 0 Å². The largest absolute Gasteiger partial charge is 0.341 e. The molecule has 1 heterocycles. The molecule has 1 aliphatic heterocycles. The Morgan fingerprint density at radius 1 is 1.71 bits per heavy atom.